The number of carbonyl (C=O) groups is 1. The van der Waals surface area contributed by atoms with E-state index in [2.05, 4.69) is 43.3 Å². The molecule has 2 aromatic carbocycles. The highest BCUT2D eigenvalue weighted by Crippen LogP contribution is 2.37. The highest BCUT2D eigenvalue weighted by Gasteiger charge is 2.26. The highest BCUT2D eigenvalue weighted by molar-refractivity contribution is 5.95. The fourth-order valence-corrected chi connectivity index (χ4v) is 4.36. The molecule has 1 saturated carbocycles. The Labute approximate surface area is 167 Å². The Morgan fingerprint density at radius 3 is 2.46 bits per heavy atom. The largest absolute Gasteiger partial charge is 0.496 e. The van der Waals surface area contributed by atoms with Crippen molar-refractivity contribution in [2.24, 2.45) is 0 Å². The number of hydrogen-bond acceptors (Lipinski definition) is 3. The molecule has 0 amide bonds. The number of fused-ring (bicyclic) bond motifs is 1. The lowest BCUT2D eigenvalue weighted by atomic mass is 9.83. The lowest BCUT2D eigenvalue weighted by Gasteiger charge is -2.25. The zero-order valence-electron chi connectivity index (χ0n) is 16.7. The van der Waals surface area contributed by atoms with Crippen LogP contribution in [0.3, 0.4) is 0 Å². The third kappa shape index (κ3) is 3.84. The average Bonchev–Trinajstić information content (AvgIpc) is 2.73. The Kier molecular flexibility index (Phi) is 5.52. The van der Waals surface area contributed by atoms with Crippen LogP contribution in [0.25, 0.3) is 6.08 Å². The van der Waals surface area contributed by atoms with E-state index in [1.165, 1.54) is 17.5 Å². The van der Waals surface area contributed by atoms with E-state index < -0.39 is 0 Å². The minimum atomic E-state index is -0.204. The van der Waals surface area contributed by atoms with E-state index in [4.69, 9.17) is 9.47 Å². The highest BCUT2D eigenvalue weighted by atomic mass is 16.5. The predicted octanol–water partition coefficient (Wildman–Crippen LogP) is 5.85. The van der Waals surface area contributed by atoms with Crippen LogP contribution in [0, 0.1) is 6.92 Å². The monoisotopic (exact) mass is 376 g/mol. The van der Waals surface area contributed by atoms with Crippen molar-refractivity contribution in [2.45, 2.75) is 57.5 Å². The van der Waals surface area contributed by atoms with E-state index in [9.17, 15) is 4.79 Å². The third-order valence-electron chi connectivity index (χ3n) is 6.00. The molecule has 146 valence electrons. The van der Waals surface area contributed by atoms with Crippen LogP contribution in [0.5, 0.6) is 5.75 Å². The molecular weight excluding hydrogens is 348 g/mol. The van der Waals surface area contributed by atoms with Gasteiger partial charge in [-0.2, -0.15) is 0 Å². The molecule has 4 rings (SSSR count). The van der Waals surface area contributed by atoms with Crippen LogP contribution in [0.2, 0.25) is 0 Å². The summed E-state index contributed by atoms with van der Waals surface area (Å²) in [4.78, 5) is 12.9. The quantitative estimate of drug-likeness (QED) is 0.628. The van der Waals surface area contributed by atoms with Crippen LogP contribution in [-0.2, 0) is 11.2 Å². The number of allylic oxidation sites excluding steroid dienone is 1. The van der Waals surface area contributed by atoms with Gasteiger partial charge in [0.25, 0.3) is 0 Å². The molecule has 0 heterocycles. The molecule has 1 atom stereocenters. The number of carbonyl (C=O) groups excluding carboxylic acids is 1. The molecule has 0 N–H and O–H groups in total. The van der Waals surface area contributed by atoms with Gasteiger partial charge in [-0.1, -0.05) is 48.4 Å². The molecular formula is C25H28O3. The molecule has 0 bridgehead atoms. The zero-order valence-corrected chi connectivity index (χ0v) is 16.7. The van der Waals surface area contributed by atoms with E-state index in [0.29, 0.717) is 5.56 Å². The number of esters is 1. The van der Waals surface area contributed by atoms with Crippen molar-refractivity contribution in [1.29, 1.82) is 0 Å². The number of hydrogen-bond donors (Lipinski definition) is 0. The van der Waals surface area contributed by atoms with Gasteiger partial charge in [0.15, 0.2) is 0 Å². The number of ether oxygens (including phenoxy) is 2. The summed E-state index contributed by atoms with van der Waals surface area (Å²) < 4.78 is 11.4. The second-order valence-corrected chi connectivity index (χ2v) is 7.95. The van der Waals surface area contributed by atoms with Crippen molar-refractivity contribution in [2.75, 3.05) is 7.11 Å². The number of aryl methyl sites for hydroxylation is 1. The van der Waals surface area contributed by atoms with Crippen molar-refractivity contribution in [3.63, 3.8) is 0 Å². The Morgan fingerprint density at radius 2 is 1.75 bits per heavy atom. The molecule has 0 saturated heterocycles. The van der Waals surface area contributed by atoms with Crippen LogP contribution in [0.1, 0.15) is 70.6 Å². The van der Waals surface area contributed by atoms with Gasteiger partial charge in [-0.3, -0.25) is 0 Å². The van der Waals surface area contributed by atoms with E-state index in [-0.39, 0.29) is 18.0 Å². The standard InChI is InChI=1S/C25H28O3/c1-17-8-10-18(11-9-17)19-12-13-21-22(14-15-24(27-2)23(21)16-19)25(26)28-20-6-4-3-5-7-20/h8-15,19-20H,3-7,16H2,1-2H3. The Bertz CT molecular complexity index is 873. The van der Waals surface area contributed by atoms with Crippen LogP contribution in [0.4, 0.5) is 0 Å². The summed E-state index contributed by atoms with van der Waals surface area (Å²) in [6.07, 6.45) is 10.7. The van der Waals surface area contributed by atoms with E-state index in [0.717, 1.165) is 49.0 Å². The lowest BCUT2D eigenvalue weighted by Crippen LogP contribution is -2.22. The molecule has 3 heteroatoms. The minimum absolute atomic E-state index is 0.0619. The van der Waals surface area contributed by atoms with Crippen LogP contribution >= 0.6 is 0 Å². The van der Waals surface area contributed by atoms with Crippen molar-refractivity contribution in [3.8, 4) is 5.75 Å². The van der Waals surface area contributed by atoms with Crippen molar-refractivity contribution >= 4 is 12.0 Å². The molecule has 0 spiro atoms. The molecule has 1 fully saturated rings. The van der Waals surface area contributed by atoms with E-state index in [1.54, 1.807) is 7.11 Å². The minimum Gasteiger partial charge on any atom is -0.496 e. The first-order valence-corrected chi connectivity index (χ1v) is 10.3. The summed E-state index contributed by atoms with van der Waals surface area (Å²) in [6, 6.07) is 12.4. The van der Waals surface area contributed by atoms with Crippen LogP contribution in [-0.4, -0.2) is 19.2 Å². The van der Waals surface area contributed by atoms with E-state index in [1.807, 2.05) is 12.1 Å². The van der Waals surface area contributed by atoms with Crippen molar-refractivity contribution < 1.29 is 14.3 Å². The fraction of sp³-hybridized carbons (Fsp3) is 0.400. The maximum absolute atomic E-state index is 12.9. The first-order valence-electron chi connectivity index (χ1n) is 10.3. The lowest BCUT2D eigenvalue weighted by molar-refractivity contribution is 0.0210. The second-order valence-electron chi connectivity index (χ2n) is 7.95. The van der Waals surface area contributed by atoms with Crippen LogP contribution < -0.4 is 4.74 Å². The van der Waals surface area contributed by atoms with Crippen molar-refractivity contribution in [1.82, 2.24) is 0 Å². The Hall–Kier alpha value is -2.55. The topological polar surface area (TPSA) is 35.5 Å². The van der Waals surface area contributed by atoms with Gasteiger partial charge in [0, 0.05) is 11.5 Å². The Morgan fingerprint density at radius 1 is 1.00 bits per heavy atom. The maximum Gasteiger partial charge on any atom is 0.339 e. The molecule has 28 heavy (non-hydrogen) atoms. The normalized spacial score (nSPS) is 19.1. The van der Waals surface area contributed by atoms with Gasteiger partial charge in [0.1, 0.15) is 11.9 Å². The summed E-state index contributed by atoms with van der Waals surface area (Å²) in [5.74, 6) is 0.918. The smallest absolute Gasteiger partial charge is 0.339 e. The molecule has 0 radical (unpaired) electrons. The molecule has 0 aliphatic heterocycles. The average molecular weight is 376 g/mol. The molecule has 2 aliphatic carbocycles. The Balaban J connectivity index is 1.62. The first kappa shape index (κ1) is 18.8. The second kappa shape index (κ2) is 8.22. The van der Waals surface area contributed by atoms with Gasteiger partial charge >= 0.3 is 5.97 Å². The third-order valence-corrected chi connectivity index (χ3v) is 6.00. The summed E-state index contributed by atoms with van der Waals surface area (Å²) in [5.41, 5.74) is 5.23. The van der Waals surface area contributed by atoms with Crippen molar-refractivity contribution in [3.05, 3.63) is 70.3 Å². The fourth-order valence-electron chi connectivity index (χ4n) is 4.36. The SMILES string of the molecule is COc1ccc(C(=O)OC2CCCCC2)c2c1CC(c1ccc(C)cc1)C=C2. The molecule has 2 aromatic rings. The molecule has 2 aliphatic rings. The van der Waals surface area contributed by atoms with Gasteiger partial charge < -0.3 is 9.47 Å². The summed E-state index contributed by atoms with van der Waals surface area (Å²) in [7, 11) is 1.69. The summed E-state index contributed by atoms with van der Waals surface area (Å²) in [6.45, 7) is 2.10. The predicted molar refractivity (Wildman–Crippen MR) is 112 cm³/mol. The molecule has 0 aromatic heterocycles. The summed E-state index contributed by atoms with van der Waals surface area (Å²) in [5, 5.41) is 0. The van der Waals surface area contributed by atoms with Gasteiger partial charge in [0.05, 0.1) is 12.7 Å². The number of benzene rings is 2. The maximum atomic E-state index is 12.9. The molecule has 1 unspecified atom stereocenters. The summed E-state index contributed by atoms with van der Waals surface area (Å²) >= 11 is 0. The van der Waals surface area contributed by atoms with E-state index >= 15 is 0 Å². The van der Waals surface area contributed by atoms with Gasteiger partial charge in [-0.05, 0) is 62.3 Å². The number of rotatable bonds is 4. The zero-order chi connectivity index (χ0) is 19.5. The molecule has 3 nitrogen and oxygen atoms in total. The van der Waals surface area contributed by atoms with Gasteiger partial charge in [-0.15, -0.1) is 0 Å². The van der Waals surface area contributed by atoms with Gasteiger partial charge in [0.2, 0.25) is 0 Å². The first-order chi connectivity index (χ1) is 13.7. The van der Waals surface area contributed by atoms with Gasteiger partial charge in [-0.25, -0.2) is 4.79 Å². The van der Waals surface area contributed by atoms with Crippen LogP contribution in [0.15, 0.2) is 42.5 Å². The number of methoxy groups -OCH3 is 1.